The summed E-state index contributed by atoms with van der Waals surface area (Å²) in [5.41, 5.74) is 0.627. The summed E-state index contributed by atoms with van der Waals surface area (Å²) in [4.78, 5) is 10.6. The third-order valence-corrected chi connectivity index (χ3v) is 5.31. The number of aldehydes is 1. The van der Waals surface area contributed by atoms with Crippen molar-refractivity contribution in [1.82, 2.24) is 0 Å². The lowest BCUT2D eigenvalue weighted by Crippen LogP contribution is -2.14. The van der Waals surface area contributed by atoms with Gasteiger partial charge in [-0.3, -0.25) is 4.79 Å². The highest BCUT2D eigenvalue weighted by Gasteiger charge is 1.97. The fraction of sp³-hybridized carbons (Fsp3) is 0.720. The van der Waals surface area contributed by atoms with Crippen molar-refractivity contribution in [1.29, 1.82) is 0 Å². The standard InChI is InChI=1S/C25H41IO8/c26-9-3-1-2-4-10-28-11-12-29-13-14-30-15-16-31-17-18-32-19-20-33-21-22-34-25-7-5-24(23-27)6-8-25/h5-8,23H,1-4,9-22H2. The van der Waals surface area contributed by atoms with Crippen LogP contribution in [-0.2, 0) is 28.4 Å². The van der Waals surface area contributed by atoms with E-state index in [4.69, 9.17) is 33.2 Å². The molecule has 1 aromatic rings. The van der Waals surface area contributed by atoms with Gasteiger partial charge < -0.3 is 33.2 Å². The molecule has 0 radical (unpaired) electrons. The van der Waals surface area contributed by atoms with Gasteiger partial charge >= 0.3 is 0 Å². The smallest absolute Gasteiger partial charge is 0.150 e. The molecule has 0 fully saturated rings. The third kappa shape index (κ3) is 20.5. The van der Waals surface area contributed by atoms with E-state index in [9.17, 15) is 4.79 Å². The Morgan fingerprint density at radius 1 is 0.529 bits per heavy atom. The van der Waals surface area contributed by atoms with Crippen LogP contribution in [-0.4, -0.2) is 96.6 Å². The predicted molar refractivity (Wildman–Crippen MR) is 140 cm³/mol. The van der Waals surface area contributed by atoms with Gasteiger partial charge in [-0.1, -0.05) is 35.4 Å². The molecule has 0 heterocycles. The van der Waals surface area contributed by atoms with Crippen molar-refractivity contribution in [2.75, 3.05) is 90.3 Å². The fourth-order valence-electron chi connectivity index (χ4n) is 2.71. The number of halogens is 1. The summed E-state index contributed by atoms with van der Waals surface area (Å²) in [6.07, 6.45) is 5.79. The number of hydrogen-bond acceptors (Lipinski definition) is 8. The molecule has 0 bridgehead atoms. The van der Waals surface area contributed by atoms with Crippen LogP contribution in [0.25, 0.3) is 0 Å². The molecule has 0 amide bonds. The SMILES string of the molecule is O=Cc1ccc(OCCOCCOCCOCCOCCOCCOCCCCCCI)cc1. The van der Waals surface area contributed by atoms with Crippen LogP contribution in [0.15, 0.2) is 24.3 Å². The molecule has 0 spiro atoms. The minimum absolute atomic E-state index is 0.446. The second kappa shape index (κ2) is 25.3. The van der Waals surface area contributed by atoms with Gasteiger partial charge in [-0.2, -0.15) is 0 Å². The molecule has 0 aromatic heterocycles. The molecule has 0 unspecified atom stereocenters. The van der Waals surface area contributed by atoms with Crippen molar-refractivity contribution in [2.24, 2.45) is 0 Å². The zero-order chi connectivity index (χ0) is 24.4. The van der Waals surface area contributed by atoms with Gasteiger partial charge in [-0.15, -0.1) is 0 Å². The van der Waals surface area contributed by atoms with Gasteiger partial charge in [0.1, 0.15) is 18.6 Å². The number of benzene rings is 1. The molecular formula is C25H41IO8. The number of carbonyl (C=O) groups is 1. The summed E-state index contributed by atoms with van der Waals surface area (Å²) in [5, 5.41) is 0. The maximum atomic E-state index is 10.6. The number of hydrogen-bond donors (Lipinski definition) is 0. The van der Waals surface area contributed by atoms with Crippen LogP contribution in [0.2, 0.25) is 0 Å². The van der Waals surface area contributed by atoms with E-state index < -0.39 is 0 Å². The summed E-state index contributed by atoms with van der Waals surface area (Å²) >= 11 is 2.42. The first-order valence-electron chi connectivity index (χ1n) is 12.1. The topological polar surface area (TPSA) is 81.7 Å². The van der Waals surface area contributed by atoms with Gasteiger partial charge in [0.2, 0.25) is 0 Å². The molecule has 0 aliphatic carbocycles. The normalized spacial score (nSPS) is 11.1. The summed E-state index contributed by atoms with van der Waals surface area (Å²) in [5.74, 6) is 0.715. The number of unbranched alkanes of at least 4 members (excludes halogenated alkanes) is 3. The highest BCUT2D eigenvalue weighted by molar-refractivity contribution is 14.1. The summed E-state index contributed by atoms with van der Waals surface area (Å²) in [6.45, 7) is 7.25. The maximum Gasteiger partial charge on any atom is 0.150 e. The first-order chi connectivity index (χ1) is 16.9. The Labute approximate surface area is 218 Å². The average Bonchev–Trinajstić information content (AvgIpc) is 2.87. The molecule has 1 aromatic carbocycles. The van der Waals surface area contributed by atoms with Crippen LogP contribution in [0.1, 0.15) is 36.0 Å². The van der Waals surface area contributed by atoms with Crippen molar-refractivity contribution < 1.29 is 38.0 Å². The van der Waals surface area contributed by atoms with Gasteiger partial charge in [-0.05, 0) is 41.5 Å². The van der Waals surface area contributed by atoms with E-state index in [-0.39, 0.29) is 0 Å². The molecule has 0 aliphatic heterocycles. The maximum absolute atomic E-state index is 10.6. The van der Waals surface area contributed by atoms with Crippen molar-refractivity contribution in [3.63, 3.8) is 0 Å². The summed E-state index contributed by atoms with van der Waals surface area (Å²) < 4.78 is 39.6. The van der Waals surface area contributed by atoms with Crippen molar-refractivity contribution in [3.8, 4) is 5.75 Å². The Morgan fingerprint density at radius 2 is 0.941 bits per heavy atom. The quantitative estimate of drug-likeness (QED) is 0.0688. The van der Waals surface area contributed by atoms with E-state index in [0.717, 1.165) is 19.3 Å². The second-order valence-corrected chi connectivity index (χ2v) is 8.39. The first-order valence-corrected chi connectivity index (χ1v) is 13.6. The Hall–Kier alpha value is -0.820. The molecule has 196 valence electrons. The van der Waals surface area contributed by atoms with Crippen LogP contribution in [0.4, 0.5) is 0 Å². The van der Waals surface area contributed by atoms with E-state index in [1.54, 1.807) is 24.3 Å². The lowest BCUT2D eigenvalue weighted by atomic mass is 10.2. The van der Waals surface area contributed by atoms with E-state index in [2.05, 4.69) is 22.6 Å². The third-order valence-electron chi connectivity index (χ3n) is 4.54. The molecule has 8 nitrogen and oxygen atoms in total. The van der Waals surface area contributed by atoms with Gasteiger partial charge in [0.15, 0.2) is 0 Å². The Bertz CT molecular complexity index is 558. The van der Waals surface area contributed by atoms with Crippen LogP contribution >= 0.6 is 22.6 Å². The number of alkyl halides is 1. The first kappa shape index (κ1) is 31.2. The molecule has 0 atom stereocenters. The highest BCUT2D eigenvalue weighted by atomic mass is 127. The highest BCUT2D eigenvalue weighted by Crippen LogP contribution is 2.10. The Morgan fingerprint density at radius 3 is 1.38 bits per heavy atom. The predicted octanol–water partition coefficient (Wildman–Crippen LogP) is 3.97. The van der Waals surface area contributed by atoms with Crippen LogP contribution in [0.5, 0.6) is 5.75 Å². The van der Waals surface area contributed by atoms with E-state index in [1.807, 2.05) is 0 Å². The van der Waals surface area contributed by atoms with Gasteiger partial charge in [-0.25, -0.2) is 0 Å². The molecule has 0 saturated heterocycles. The van der Waals surface area contributed by atoms with Crippen molar-refractivity contribution in [3.05, 3.63) is 29.8 Å². The summed E-state index contributed by atoms with van der Waals surface area (Å²) in [7, 11) is 0. The zero-order valence-corrected chi connectivity index (χ0v) is 22.4. The van der Waals surface area contributed by atoms with E-state index >= 15 is 0 Å². The minimum atomic E-state index is 0.446. The van der Waals surface area contributed by atoms with Crippen LogP contribution in [0, 0.1) is 0 Å². The number of carbonyl (C=O) groups excluding carboxylic acids is 1. The van der Waals surface area contributed by atoms with Gasteiger partial charge in [0.05, 0.1) is 72.7 Å². The van der Waals surface area contributed by atoms with Crippen LogP contribution in [0.3, 0.4) is 0 Å². The molecule has 0 aliphatic rings. The molecule has 0 saturated carbocycles. The Balaban J connectivity index is 1.68. The second-order valence-electron chi connectivity index (χ2n) is 7.31. The number of rotatable bonds is 26. The monoisotopic (exact) mass is 596 g/mol. The average molecular weight is 596 g/mol. The summed E-state index contributed by atoms with van der Waals surface area (Å²) in [6, 6.07) is 6.96. The minimum Gasteiger partial charge on any atom is -0.491 e. The lowest BCUT2D eigenvalue weighted by Gasteiger charge is -2.09. The fourth-order valence-corrected chi connectivity index (χ4v) is 3.25. The number of ether oxygens (including phenoxy) is 7. The van der Waals surface area contributed by atoms with Gasteiger partial charge in [0, 0.05) is 12.2 Å². The van der Waals surface area contributed by atoms with Crippen LogP contribution < -0.4 is 4.74 Å². The molecule has 9 heteroatoms. The molecule has 0 N–H and O–H groups in total. The lowest BCUT2D eigenvalue weighted by molar-refractivity contribution is -0.0179. The van der Waals surface area contributed by atoms with Crippen molar-refractivity contribution in [2.45, 2.75) is 25.7 Å². The zero-order valence-electron chi connectivity index (χ0n) is 20.3. The Kier molecular flexibility index (Phi) is 23.2. The molecule has 34 heavy (non-hydrogen) atoms. The van der Waals surface area contributed by atoms with E-state index in [1.165, 1.54) is 23.7 Å². The van der Waals surface area contributed by atoms with E-state index in [0.29, 0.717) is 90.6 Å². The largest absolute Gasteiger partial charge is 0.491 e. The van der Waals surface area contributed by atoms with Gasteiger partial charge in [0.25, 0.3) is 0 Å². The molecular weight excluding hydrogens is 555 g/mol. The molecule has 1 rings (SSSR count). The van der Waals surface area contributed by atoms with Crippen molar-refractivity contribution >= 4 is 28.9 Å².